The van der Waals surface area contributed by atoms with Crippen molar-refractivity contribution in [2.75, 3.05) is 17.9 Å². The normalized spacial score (nSPS) is 11.0. The van der Waals surface area contributed by atoms with E-state index in [9.17, 15) is 8.42 Å². The van der Waals surface area contributed by atoms with Crippen molar-refractivity contribution in [3.63, 3.8) is 0 Å². The first-order chi connectivity index (χ1) is 9.66. The summed E-state index contributed by atoms with van der Waals surface area (Å²) in [4.78, 5) is 0. The average Bonchev–Trinajstić information content (AvgIpc) is 2.45. The molecule has 2 rings (SSSR count). The van der Waals surface area contributed by atoms with Crippen molar-refractivity contribution in [1.82, 2.24) is 0 Å². The van der Waals surface area contributed by atoms with E-state index in [-0.39, 0.29) is 13.2 Å². The molecule has 2 aromatic rings. The minimum Gasteiger partial charge on any atom is -0.491 e. The average molecular weight is 293 g/mol. The van der Waals surface area contributed by atoms with Crippen molar-refractivity contribution in [3.8, 4) is 5.75 Å². The van der Waals surface area contributed by atoms with Crippen LogP contribution in [0.15, 0.2) is 60.7 Å². The number of hydrogen-bond donors (Lipinski definition) is 1. The Morgan fingerprint density at radius 2 is 1.45 bits per heavy atom. The van der Waals surface area contributed by atoms with Crippen LogP contribution in [-0.2, 0) is 14.5 Å². The van der Waals surface area contributed by atoms with Crippen LogP contribution in [0.25, 0.3) is 0 Å². The zero-order valence-corrected chi connectivity index (χ0v) is 11.5. The van der Waals surface area contributed by atoms with Crippen LogP contribution in [0.1, 0.15) is 0 Å². The van der Waals surface area contributed by atoms with E-state index in [1.807, 2.05) is 18.2 Å². The summed E-state index contributed by atoms with van der Waals surface area (Å²) in [6.07, 6.45) is 0. The van der Waals surface area contributed by atoms with Gasteiger partial charge in [0.25, 0.3) is 0 Å². The molecule has 1 N–H and O–H groups in total. The van der Waals surface area contributed by atoms with Gasteiger partial charge in [0.2, 0.25) is 0 Å². The molecule has 0 aliphatic carbocycles. The Labute approximate surface area is 118 Å². The topological polar surface area (TPSA) is 64.6 Å². The number of para-hydroxylation sites is 2. The van der Waals surface area contributed by atoms with Gasteiger partial charge in [-0.15, -0.1) is 0 Å². The molecule has 0 unspecified atom stereocenters. The summed E-state index contributed by atoms with van der Waals surface area (Å²) in [6, 6.07) is 17.7. The van der Waals surface area contributed by atoms with E-state index in [1.54, 1.807) is 42.5 Å². The van der Waals surface area contributed by atoms with E-state index < -0.39 is 10.3 Å². The van der Waals surface area contributed by atoms with Crippen molar-refractivity contribution in [3.05, 3.63) is 60.7 Å². The van der Waals surface area contributed by atoms with E-state index in [2.05, 4.69) is 4.72 Å². The highest BCUT2D eigenvalue weighted by atomic mass is 32.2. The van der Waals surface area contributed by atoms with E-state index in [0.29, 0.717) is 11.4 Å². The van der Waals surface area contributed by atoms with Gasteiger partial charge < -0.3 is 4.74 Å². The molecule has 0 atom stereocenters. The maximum atomic E-state index is 11.6. The third-order valence-electron chi connectivity index (χ3n) is 2.35. The molecule has 106 valence electrons. The van der Waals surface area contributed by atoms with E-state index in [0.717, 1.165) is 0 Å². The second-order valence-corrected chi connectivity index (χ2v) is 5.25. The summed E-state index contributed by atoms with van der Waals surface area (Å²) in [5.74, 6) is 0.671. The summed E-state index contributed by atoms with van der Waals surface area (Å²) in [7, 11) is -3.82. The van der Waals surface area contributed by atoms with Gasteiger partial charge in [0.05, 0.1) is 5.69 Å². The Morgan fingerprint density at radius 1 is 0.850 bits per heavy atom. The predicted molar refractivity (Wildman–Crippen MR) is 76.9 cm³/mol. The second kappa shape index (κ2) is 6.93. The van der Waals surface area contributed by atoms with Crippen LogP contribution in [0, 0.1) is 0 Å². The fourth-order valence-electron chi connectivity index (χ4n) is 1.50. The zero-order valence-electron chi connectivity index (χ0n) is 10.7. The summed E-state index contributed by atoms with van der Waals surface area (Å²) in [6.45, 7) is 0.0940. The van der Waals surface area contributed by atoms with Crippen LogP contribution in [0.3, 0.4) is 0 Å². The van der Waals surface area contributed by atoms with E-state index in [1.165, 1.54) is 0 Å². The predicted octanol–water partition coefficient (Wildman–Crippen LogP) is 2.44. The Kier molecular flexibility index (Phi) is 4.97. The number of benzene rings is 2. The Hall–Kier alpha value is -2.05. The van der Waals surface area contributed by atoms with Crippen LogP contribution in [-0.4, -0.2) is 21.6 Å². The minimum atomic E-state index is -3.82. The van der Waals surface area contributed by atoms with Gasteiger partial charge in [0.15, 0.2) is 0 Å². The molecule has 0 fully saturated rings. The van der Waals surface area contributed by atoms with Crippen LogP contribution >= 0.6 is 0 Å². The molecule has 20 heavy (non-hydrogen) atoms. The van der Waals surface area contributed by atoms with Gasteiger partial charge in [0.1, 0.15) is 19.0 Å². The van der Waals surface area contributed by atoms with Crippen LogP contribution in [0.2, 0.25) is 0 Å². The third-order valence-corrected chi connectivity index (χ3v) is 3.31. The molecular weight excluding hydrogens is 278 g/mol. The van der Waals surface area contributed by atoms with Gasteiger partial charge in [-0.25, -0.2) is 0 Å². The third kappa shape index (κ3) is 4.91. The monoisotopic (exact) mass is 293 g/mol. The lowest BCUT2D eigenvalue weighted by Crippen LogP contribution is -2.19. The molecular formula is C14H15NO4S. The van der Waals surface area contributed by atoms with Crippen LogP contribution in [0.5, 0.6) is 5.75 Å². The molecule has 0 aliphatic rings. The molecule has 0 heterocycles. The number of ether oxygens (including phenoxy) is 1. The van der Waals surface area contributed by atoms with Crippen molar-refractivity contribution in [1.29, 1.82) is 0 Å². The summed E-state index contributed by atoms with van der Waals surface area (Å²) < 4.78 is 35.7. The molecule has 0 radical (unpaired) electrons. The van der Waals surface area contributed by atoms with Gasteiger partial charge >= 0.3 is 10.3 Å². The van der Waals surface area contributed by atoms with Gasteiger partial charge in [-0.1, -0.05) is 36.4 Å². The van der Waals surface area contributed by atoms with Gasteiger partial charge in [-0.3, -0.25) is 8.91 Å². The number of nitrogens with one attached hydrogen (secondary N) is 1. The summed E-state index contributed by atoms with van der Waals surface area (Å²) in [5, 5.41) is 0. The number of rotatable bonds is 7. The largest absolute Gasteiger partial charge is 0.491 e. The lowest BCUT2D eigenvalue weighted by Gasteiger charge is -2.09. The van der Waals surface area contributed by atoms with Crippen LogP contribution in [0.4, 0.5) is 5.69 Å². The lowest BCUT2D eigenvalue weighted by molar-refractivity contribution is 0.222. The summed E-state index contributed by atoms with van der Waals surface area (Å²) >= 11 is 0. The zero-order chi connectivity index (χ0) is 14.3. The van der Waals surface area contributed by atoms with Crippen molar-refractivity contribution >= 4 is 16.0 Å². The van der Waals surface area contributed by atoms with Gasteiger partial charge in [0, 0.05) is 0 Å². The smallest absolute Gasteiger partial charge is 0.360 e. The van der Waals surface area contributed by atoms with Gasteiger partial charge in [-0.05, 0) is 24.3 Å². The lowest BCUT2D eigenvalue weighted by atomic mass is 10.3. The Balaban J connectivity index is 1.76. The highest BCUT2D eigenvalue weighted by Gasteiger charge is 2.10. The molecule has 6 heteroatoms. The minimum absolute atomic E-state index is 0.0585. The van der Waals surface area contributed by atoms with E-state index >= 15 is 0 Å². The number of anilines is 1. The SMILES string of the molecule is O=S(=O)(Nc1ccccc1)OCCOc1ccccc1. The first-order valence-electron chi connectivity index (χ1n) is 6.06. The highest BCUT2D eigenvalue weighted by Crippen LogP contribution is 2.10. The maximum absolute atomic E-state index is 11.6. The van der Waals surface area contributed by atoms with E-state index in [4.69, 9.17) is 8.92 Å². The second-order valence-electron chi connectivity index (χ2n) is 3.91. The highest BCUT2D eigenvalue weighted by molar-refractivity contribution is 7.88. The maximum Gasteiger partial charge on any atom is 0.360 e. The molecule has 0 bridgehead atoms. The quantitative estimate of drug-likeness (QED) is 0.796. The molecule has 0 aliphatic heterocycles. The van der Waals surface area contributed by atoms with Crippen molar-refractivity contribution in [2.45, 2.75) is 0 Å². The first kappa shape index (κ1) is 14.4. The molecule has 0 amide bonds. The molecule has 0 spiro atoms. The Bertz CT molecular complexity index is 614. The molecule has 2 aromatic carbocycles. The van der Waals surface area contributed by atoms with Gasteiger partial charge in [-0.2, -0.15) is 8.42 Å². The standard InChI is InChI=1S/C14H15NO4S/c16-20(17,15-13-7-3-1-4-8-13)19-12-11-18-14-9-5-2-6-10-14/h1-10,15H,11-12H2. The molecule has 0 saturated heterocycles. The fraction of sp³-hybridized carbons (Fsp3) is 0.143. The van der Waals surface area contributed by atoms with Crippen LogP contribution < -0.4 is 9.46 Å². The molecule has 0 saturated carbocycles. The van der Waals surface area contributed by atoms with Crippen molar-refractivity contribution < 1.29 is 17.3 Å². The summed E-state index contributed by atoms with van der Waals surface area (Å²) in [5.41, 5.74) is 0.455. The number of hydrogen-bond acceptors (Lipinski definition) is 4. The van der Waals surface area contributed by atoms with Crippen molar-refractivity contribution in [2.24, 2.45) is 0 Å². The first-order valence-corrected chi connectivity index (χ1v) is 7.47. The molecule has 5 nitrogen and oxygen atoms in total. The fourth-order valence-corrected chi connectivity index (χ4v) is 2.27. The molecule has 0 aromatic heterocycles. The Morgan fingerprint density at radius 3 is 2.10 bits per heavy atom.